The van der Waals surface area contributed by atoms with Crippen LogP contribution in [0.3, 0.4) is 0 Å². The van der Waals surface area contributed by atoms with Crippen LogP contribution < -0.4 is 5.32 Å². The molecule has 0 spiro atoms. The Hall–Kier alpha value is -2.22. The van der Waals surface area contributed by atoms with Gasteiger partial charge in [-0.1, -0.05) is 17.8 Å². The zero-order valence-corrected chi connectivity index (χ0v) is 11.4. The van der Waals surface area contributed by atoms with Crippen molar-refractivity contribution in [2.24, 2.45) is 10.2 Å². The number of rotatable bonds is 4. The van der Waals surface area contributed by atoms with Crippen molar-refractivity contribution in [3.8, 4) is 0 Å². The Kier molecular flexibility index (Phi) is 4.46. The van der Waals surface area contributed by atoms with Gasteiger partial charge in [0.05, 0.1) is 12.1 Å². The molecule has 0 radical (unpaired) electrons. The summed E-state index contributed by atoms with van der Waals surface area (Å²) in [5, 5.41) is 18.8. The van der Waals surface area contributed by atoms with E-state index >= 15 is 0 Å². The number of thioether (sulfide) groups is 1. The fourth-order valence-corrected chi connectivity index (χ4v) is 2.41. The number of hydrogen-bond acceptors (Lipinski definition) is 6. The molecule has 0 unspecified atom stereocenters. The number of nitrogens with zero attached hydrogens (tertiary/aromatic N) is 3. The van der Waals surface area contributed by atoms with E-state index in [9.17, 15) is 9.59 Å². The summed E-state index contributed by atoms with van der Waals surface area (Å²) in [6.07, 6.45) is 3.08. The number of carboxylic acids is 1. The molecule has 1 aromatic heterocycles. The fraction of sp³-hybridized carbons (Fsp3) is 0.250. The average Bonchev–Trinajstić information content (AvgIpc) is 2.77. The molecular weight excluding hydrogens is 280 g/mol. The van der Waals surface area contributed by atoms with E-state index in [1.165, 1.54) is 0 Å². The predicted molar refractivity (Wildman–Crippen MR) is 75.7 cm³/mol. The van der Waals surface area contributed by atoms with Gasteiger partial charge in [0.1, 0.15) is 5.25 Å². The third kappa shape index (κ3) is 3.64. The van der Waals surface area contributed by atoms with Gasteiger partial charge in [-0.15, -0.1) is 5.10 Å². The molecule has 1 atom stereocenters. The first-order chi connectivity index (χ1) is 9.56. The molecule has 1 saturated heterocycles. The number of amides is 1. The minimum atomic E-state index is -1.02. The largest absolute Gasteiger partial charge is 0.481 e. The first-order valence-corrected chi connectivity index (χ1v) is 6.66. The lowest BCUT2D eigenvalue weighted by Gasteiger charge is -1.98. The van der Waals surface area contributed by atoms with Crippen LogP contribution in [0.1, 0.15) is 18.9 Å². The number of carboxylic acid groups (broad SMARTS) is 1. The van der Waals surface area contributed by atoms with Crippen LogP contribution in [0, 0.1) is 0 Å². The zero-order chi connectivity index (χ0) is 14.5. The number of pyridine rings is 1. The van der Waals surface area contributed by atoms with Crippen molar-refractivity contribution in [1.29, 1.82) is 0 Å². The summed E-state index contributed by atoms with van der Waals surface area (Å²) in [6.45, 7) is 1.78. The summed E-state index contributed by atoms with van der Waals surface area (Å²) < 4.78 is 0. The van der Waals surface area contributed by atoms with Crippen molar-refractivity contribution >= 4 is 34.5 Å². The highest BCUT2D eigenvalue weighted by molar-refractivity contribution is 8.15. The maximum absolute atomic E-state index is 11.5. The topological polar surface area (TPSA) is 104 Å². The van der Waals surface area contributed by atoms with Crippen LogP contribution in [0.5, 0.6) is 0 Å². The lowest BCUT2D eigenvalue weighted by Crippen LogP contribution is -2.26. The van der Waals surface area contributed by atoms with Crippen LogP contribution in [-0.2, 0) is 9.59 Å². The minimum absolute atomic E-state index is 0.235. The van der Waals surface area contributed by atoms with Crippen molar-refractivity contribution in [1.82, 2.24) is 10.3 Å². The molecule has 1 fully saturated rings. The van der Waals surface area contributed by atoms with Gasteiger partial charge in [-0.05, 0) is 13.0 Å². The van der Waals surface area contributed by atoms with E-state index < -0.39 is 11.2 Å². The molecule has 1 aliphatic heterocycles. The molecule has 0 saturated carbocycles. The Morgan fingerprint density at radius 3 is 3.05 bits per heavy atom. The molecule has 8 heteroatoms. The lowest BCUT2D eigenvalue weighted by molar-refractivity contribution is -0.138. The van der Waals surface area contributed by atoms with Crippen LogP contribution >= 0.6 is 11.8 Å². The summed E-state index contributed by atoms with van der Waals surface area (Å²) in [6, 6.07) is 3.64. The Balaban J connectivity index is 2.06. The fourth-order valence-electron chi connectivity index (χ4n) is 1.50. The molecule has 2 N–H and O–H groups in total. The maximum Gasteiger partial charge on any atom is 0.305 e. The van der Waals surface area contributed by atoms with Crippen LogP contribution in [0.4, 0.5) is 0 Å². The van der Waals surface area contributed by atoms with Crippen LogP contribution in [0.25, 0.3) is 0 Å². The van der Waals surface area contributed by atoms with Crippen molar-refractivity contribution in [2.75, 3.05) is 0 Å². The SMILES string of the molecule is C/C(=N/N=C1\NC(=O)[C@@H](CC(=O)O)S1)c1cccnc1. The molecule has 20 heavy (non-hydrogen) atoms. The highest BCUT2D eigenvalue weighted by Gasteiger charge is 2.32. The molecule has 0 aromatic carbocycles. The van der Waals surface area contributed by atoms with Crippen molar-refractivity contribution in [3.63, 3.8) is 0 Å². The minimum Gasteiger partial charge on any atom is -0.481 e. The third-order valence-electron chi connectivity index (χ3n) is 2.51. The summed E-state index contributed by atoms with van der Waals surface area (Å²) in [5.41, 5.74) is 1.48. The van der Waals surface area contributed by atoms with Crippen LogP contribution in [-0.4, -0.2) is 38.1 Å². The highest BCUT2D eigenvalue weighted by atomic mass is 32.2. The normalized spacial score (nSPS) is 21.1. The Morgan fingerprint density at radius 1 is 1.60 bits per heavy atom. The van der Waals surface area contributed by atoms with Gasteiger partial charge in [0.25, 0.3) is 0 Å². The van der Waals surface area contributed by atoms with Gasteiger partial charge >= 0.3 is 5.97 Å². The molecule has 1 aliphatic rings. The maximum atomic E-state index is 11.5. The highest BCUT2D eigenvalue weighted by Crippen LogP contribution is 2.22. The Labute approximate surface area is 119 Å². The van der Waals surface area contributed by atoms with E-state index in [0.29, 0.717) is 10.9 Å². The Bertz CT molecular complexity index is 586. The van der Waals surface area contributed by atoms with E-state index in [-0.39, 0.29) is 12.3 Å². The molecule has 2 heterocycles. The predicted octanol–water partition coefficient (Wildman–Crippen LogP) is 0.868. The second kappa shape index (κ2) is 6.29. The van der Waals surface area contributed by atoms with Crippen LogP contribution in [0.15, 0.2) is 34.7 Å². The summed E-state index contributed by atoms with van der Waals surface area (Å²) >= 11 is 1.07. The smallest absolute Gasteiger partial charge is 0.305 e. The number of amidine groups is 1. The molecule has 1 amide bonds. The van der Waals surface area contributed by atoms with Gasteiger partial charge in [-0.3, -0.25) is 14.6 Å². The molecular formula is C12H12N4O3S. The zero-order valence-electron chi connectivity index (χ0n) is 10.6. The van der Waals surface area contributed by atoms with Gasteiger partial charge in [-0.2, -0.15) is 5.10 Å². The second-order valence-corrected chi connectivity index (χ2v) is 5.22. The number of aliphatic carboxylic acids is 1. The summed E-state index contributed by atoms with van der Waals surface area (Å²) in [5.74, 6) is -1.38. The third-order valence-corrected chi connectivity index (χ3v) is 3.58. The number of carbonyl (C=O) groups is 2. The van der Waals surface area contributed by atoms with E-state index in [4.69, 9.17) is 5.11 Å². The van der Waals surface area contributed by atoms with E-state index in [1.807, 2.05) is 6.07 Å². The lowest BCUT2D eigenvalue weighted by atomic mass is 10.2. The first-order valence-electron chi connectivity index (χ1n) is 5.78. The molecule has 0 aliphatic carbocycles. The molecule has 7 nitrogen and oxygen atoms in total. The number of aromatic nitrogens is 1. The van der Waals surface area contributed by atoms with Gasteiger partial charge in [0.15, 0.2) is 5.17 Å². The van der Waals surface area contributed by atoms with Crippen molar-refractivity contribution in [3.05, 3.63) is 30.1 Å². The van der Waals surface area contributed by atoms with Gasteiger partial charge in [-0.25, -0.2) is 0 Å². The quantitative estimate of drug-likeness (QED) is 0.633. The second-order valence-electron chi connectivity index (χ2n) is 4.03. The molecule has 104 valence electrons. The first kappa shape index (κ1) is 14.2. The molecule has 2 rings (SSSR count). The molecule has 1 aromatic rings. The van der Waals surface area contributed by atoms with E-state index in [2.05, 4.69) is 20.5 Å². The average molecular weight is 292 g/mol. The Morgan fingerprint density at radius 2 is 2.40 bits per heavy atom. The summed E-state index contributed by atoms with van der Waals surface area (Å²) in [7, 11) is 0. The number of nitrogens with one attached hydrogen (secondary N) is 1. The number of carbonyl (C=O) groups excluding carboxylic acids is 1. The summed E-state index contributed by atoms with van der Waals surface area (Å²) in [4.78, 5) is 26.1. The molecule has 0 bridgehead atoms. The van der Waals surface area contributed by atoms with Gasteiger partial charge in [0, 0.05) is 18.0 Å². The van der Waals surface area contributed by atoms with E-state index in [0.717, 1.165) is 17.3 Å². The standard InChI is InChI=1S/C12H12N4O3S/c1-7(8-3-2-4-13-6-8)15-16-12-14-11(19)9(20-12)5-10(17)18/h2-4,6,9H,5H2,1H3,(H,17,18)(H,14,16,19)/b15-7-/t9-/m1/s1. The monoisotopic (exact) mass is 292 g/mol. The van der Waals surface area contributed by atoms with E-state index in [1.54, 1.807) is 25.4 Å². The number of hydrogen-bond donors (Lipinski definition) is 2. The van der Waals surface area contributed by atoms with Crippen molar-refractivity contribution in [2.45, 2.75) is 18.6 Å². The van der Waals surface area contributed by atoms with Crippen molar-refractivity contribution < 1.29 is 14.7 Å². The van der Waals surface area contributed by atoms with Crippen LogP contribution in [0.2, 0.25) is 0 Å². The van der Waals surface area contributed by atoms with Gasteiger partial charge in [0.2, 0.25) is 5.91 Å². The van der Waals surface area contributed by atoms with Gasteiger partial charge < -0.3 is 10.4 Å².